The maximum absolute atomic E-state index is 12.3. The second kappa shape index (κ2) is 6.66. The molecule has 1 aliphatic heterocycles. The lowest BCUT2D eigenvalue weighted by Crippen LogP contribution is -2.35. The molecule has 0 aromatic heterocycles. The first-order valence-electron chi connectivity index (χ1n) is 7.18. The van der Waals surface area contributed by atoms with Crippen molar-refractivity contribution in [1.29, 1.82) is 0 Å². The number of hydrogen-bond acceptors (Lipinski definition) is 3. The highest BCUT2D eigenvalue weighted by Gasteiger charge is 2.20. The molecule has 0 spiro atoms. The van der Waals surface area contributed by atoms with Gasteiger partial charge in [0.05, 0.1) is 5.56 Å². The number of carboxylic acids is 1. The molecule has 1 saturated heterocycles. The van der Waals surface area contributed by atoms with E-state index in [-0.39, 0.29) is 17.3 Å². The van der Waals surface area contributed by atoms with Gasteiger partial charge in [0, 0.05) is 18.0 Å². The molecule has 0 unspecified atom stereocenters. The molecule has 4 heteroatoms. The summed E-state index contributed by atoms with van der Waals surface area (Å²) in [6.45, 7) is 4.90. The lowest BCUT2D eigenvalue weighted by atomic mass is 9.97. The normalized spacial score (nSPS) is 17.6. The van der Waals surface area contributed by atoms with Gasteiger partial charge < -0.3 is 10.0 Å². The quantitative estimate of drug-likeness (QED) is 0.839. The van der Waals surface area contributed by atoms with Crippen molar-refractivity contribution < 1.29 is 14.7 Å². The Kier molecular flexibility index (Phi) is 4.90. The molecule has 0 radical (unpaired) electrons. The van der Waals surface area contributed by atoms with Crippen LogP contribution in [0.2, 0.25) is 0 Å². The van der Waals surface area contributed by atoms with Crippen molar-refractivity contribution >= 4 is 11.8 Å². The average molecular weight is 275 g/mol. The number of rotatable bonds is 5. The number of benzene rings is 1. The Morgan fingerprint density at radius 1 is 1.10 bits per heavy atom. The van der Waals surface area contributed by atoms with E-state index in [0.29, 0.717) is 5.56 Å². The maximum atomic E-state index is 12.3. The summed E-state index contributed by atoms with van der Waals surface area (Å²) in [5, 5.41) is 8.85. The molecule has 0 aliphatic carbocycles. The number of ketones is 1. The van der Waals surface area contributed by atoms with Crippen molar-refractivity contribution in [2.45, 2.75) is 26.2 Å². The summed E-state index contributed by atoms with van der Waals surface area (Å²) in [7, 11) is 0. The molecular formula is C16H21NO3. The number of hydrogen-bond donors (Lipinski definition) is 1. The monoisotopic (exact) mass is 275 g/mol. The summed E-state index contributed by atoms with van der Waals surface area (Å²) < 4.78 is 0. The third kappa shape index (κ3) is 3.67. The number of carbonyl (C=O) groups is 2. The van der Waals surface area contributed by atoms with Gasteiger partial charge in [0.25, 0.3) is 0 Å². The minimum Gasteiger partial charge on any atom is -0.478 e. The molecular weight excluding hydrogens is 254 g/mol. The molecule has 2 rings (SSSR count). The standard InChI is InChI=1S/C16H21NO3/c1-12(11-17-9-3-2-4-10-17)15(18)13-5-7-14(8-6-13)16(19)20/h5-8,12H,2-4,9-11H2,1H3,(H,19,20)/t12-/m0/s1. The zero-order chi connectivity index (χ0) is 14.5. The highest BCUT2D eigenvalue weighted by atomic mass is 16.4. The van der Waals surface area contributed by atoms with Gasteiger partial charge in [0.2, 0.25) is 0 Å². The van der Waals surface area contributed by atoms with Gasteiger partial charge in [-0.2, -0.15) is 0 Å². The highest BCUT2D eigenvalue weighted by molar-refractivity contribution is 5.98. The fourth-order valence-corrected chi connectivity index (χ4v) is 2.67. The van der Waals surface area contributed by atoms with Crippen molar-refractivity contribution in [2.24, 2.45) is 5.92 Å². The molecule has 0 saturated carbocycles. The van der Waals surface area contributed by atoms with E-state index in [9.17, 15) is 9.59 Å². The van der Waals surface area contributed by atoms with Gasteiger partial charge >= 0.3 is 5.97 Å². The Hall–Kier alpha value is -1.68. The molecule has 108 valence electrons. The molecule has 1 aromatic rings. The summed E-state index contributed by atoms with van der Waals surface area (Å²) in [6, 6.07) is 6.20. The first-order chi connectivity index (χ1) is 9.58. The van der Waals surface area contributed by atoms with Crippen LogP contribution in [-0.4, -0.2) is 41.4 Å². The molecule has 1 aromatic carbocycles. The molecule has 4 nitrogen and oxygen atoms in total. The molecule has 1 aliphatic rings. The average Bonchev–Trinajstić information content (AvgIpc) is 2.47. The van der Waals surface area contributed by atoms with Gasteiger partial charge in [-0.25, -0.2) is 4.79 Å². The van der Waals surface area contributed by atoms with E-state index in [1.54, 1.807) is 12.1 Å². The van der Waals surface area contributed by atoms with Crippen molar-refractivity contribution in [1.82, 2.24) is 4.90 Å². The number of piperidine rings is 1. The summed E-state index contributed by atoms with van der Waals surface area (Å²) in [5.74, 6) is -0.929. The molecule has 20 heavy (non-hydrogen) atoms. The van der Waals surface area contributed by atoms with Crippen LogP contribution in [0, 0.1) is 5.92 Å². The Morgan fingerprint density at radius 3 is 2.20 bits per heavy atom. The number of Topliss-reactive ketones (excluding diaryl/α,β-unsaturated/α-hetero) is 1. The number of carbonyl (C=O) groups excluding carboxylic acids is 1. The van der Waals surface area contributed by atoms with E-state index in [4.69, 9.17) is 5.11 Å². The Labute approximate surface area is 119 Å². The van der Waals surface area contributed by atoms with Crippen LogP contribution in [0.4, 0.5) is 0 Å². The van der Waals surface area contributed by atoms with Gasteiger partial charge in [-0.15, -0.1) is 0 Å². The topological polar surface area (TPSA) is 57.6 Å². The van der Waals surface area contributed by atoms with E-state index >= 15 is 0 Å². The van der Waals surface area contributed by atoms with Gasteiger partial charge in [-0.1, -0.05) is 25.5 Å². The minimum atomic E-state index is -0.967. The third-order valence-corrected chi connectivity index (χ3v) is 3.84. The van der Waals surface area contributed by atoms with Crippen LogP contribution >= 0.6 is 0 Å². The van der Waals surface area contributed by atoms with Crippen LogP contribution in [0.15, 0.2) is 24.3 Å². The van der Waals surface area contributed by atoms with Gasteiger partial charge in [-0.05, 0) is 38.1 Å². The van der Waals surface area contributed by atoms with Gasteiger partial charge in [0.1, 0.15) is 0 Å². The highest BCUT2D eigenvalue weighted by Crippen LogP contribution is 2.15. The SMILES string of the molecule is C[C@@H](CN1CCCCC1)C(=O)c1ccc(C(=O)O)cc1. The first-order valence-corrected chi connectivity index (χ1v) is 7.18. The number of likely N-dealkylation sites (tertiary alicyclic amines) is 1. The molecule has 1 fully saturated rings. The fraction of sp³-hybridized carbons (Fsp3) is 0.500. The van der Waals surface area contributed by atoms with Crippen LogP contribution in [0.5, 0.6) is 0 Å². The van der Waals surface area contributed by atoms with Crippen molar-refractivity contribution in [3.8, 4) is 0 Å². The number of carboxylic acid groups (broad SMARTS) is 1. The molecule has 1 N–H and O–H groups in total. The Bertz CT molecular complexity index is 475. The smallest absolute Gasteiger partial charge is 0.335 e. The number of aromatic carboxylic acids is 1. The van der Waals surface area contributed by atoms with Crippen molar-refractivity contribution in [2.75, 3.05) is 19.6 Å². The lowest BCUT2D eigenvalue weighted by Gasteiger charge is -2.28. The minimum absolute atomic E-state index is 0.0521. The number of nitrogens with zero attached hydrogens (tertiary/aromatic N) is 1. The Morgan fingerprint density at radius 2 is 1.65 bits per heavy atom. The maximum Gasteiger partial charge on any atom is 0.335 e. The Balaban J connectivity index is 1.96. The van der Waals surface area contributed by atoms with E-state index < -0.39 is 5.97 Å². The fourth-order valence-electron chi connectivity index (χ4n) is 2.67. The largest absolute Gasteiger partial charge is 0.478 e. The molecule has 1 heterocycles. The molecule has 0 bridgehead atoms. The zero-order valence-corrected chi connectivity index (χ0v) is 11.8. The van der Waals surface area contributed by atoms with E-state index in [0.717, 1.165) is 19.6 Å². The molecule has 0 amide bonds. The van der Waals surface area contributed by atoms with E-state index in [2.05, 4.69) is 4.90 Å². The predicted molar refractivity (Wildman–Crippen MR) is 77.2 cm³/mol. The zero-order valence-electron chi connectivity index (χ0n) is 11.8. The third-order valence-electron chi connectivity index (χ3n) is 3.84. The predicted octanol–water partition coefficient (Wildman–Crippen LogP) is 2.69. The van der Waals surface area contributed by atoms with Gasteiger partial charge in [-0.3, -0.25) is 4.79 Å². The molecule has 1 atom stereocenters. The summed E-state index contributed by atoms with van der Waals surface area (Å²) >= 11 is 0. The van der Waals surface area contributed by atoms with E-state index in [1.807, 2.05) is 6.92 Å². The van der Waals surface area contributed by atoms with Crippen LogP contribution in [0.3, 0.4) is 0 Å². The van der Waals surface area contributed by atoms with E-state index in [1.165, 1.54) is 31.4 Å². The second-order valence-electron chi connectivity index (χ2n) is 5.51. The van der Waals surface area contributed by atoms with Crippen molar-refractivity contribution in [3.63, 3.8) is 0 Å². The van der Waals surface area contributed by atoms with Crippen LogP contribution in [0.25, 0.3) is 0 Å². The van der Waals surface area contributed by atoms with Crippen molar-refractivity contribution in [3.05, 3.63) is 35.4 Å². The summed E-state index contributed by atoms with van der Waals surface area (Å²) in [5.41, 5.74) is 0.810. The van der Waals surface area contributed by atoms with Crippen LogP contribution < -0.4 is 0 Å². The van der Waals surface area contributed by atoms with Gasteiger partial charge in [0.15, 0.2) is 5.78 Å². The summed E-state index contributed by atoms with van der Waals surface area (Å²) in [6.07, 6.45) is 3.72. The van der Waals surface area contributed by atoms with Crippen LogP contribution in [-0.2, 0) is 0 Å². The summed E-state index contributed by atoms with van der Waals surface area (Å²) in [4.78, 5) is 25.5. The lowest BCUT2D eigenvalue weighted by molar-refractivity contribution is 0.0696. The second-order valence-corrected chi connectivity index (χ2v) is 5.51. The first kappa shape index (κ1) is 14.7. The van der Waals surface area contributed by atoms with Crippen LogP contribution in [0.1, 0.15) is 46.9 Å².